The van der Waals surface area contributed by atoms with Gasteiger partial charge in [-0.05, 0) is 19.8 Å². The molecule has 1 N–H and O–H groups in total. The van der Waals surface area contributed by atoms with Gasteiger partial charge in [-0.2, -0.15) is 0 Å². The van der Waals surface area contributed by atoms with E-state index in [9.17, 15) is 9.59 Å². The molecule has 0 spiro atoms. The number of unbranched alkanes of at least 4 members (excludes halogenated alkanes) is 8. The molecule has 0 aromatic heterocycles. The lowest BCUT2D eigenvalue weighted by molar-refractivity contribution is -0.143. The summed E-state index contributed by atoms with van der Waals surface area (Å²) in [6, 6.07) is 0. The second-order valence-electron chi connectivity index (χ2n) is 5.22. The molecule has 118 valence electrons. The number of hydrogen-bond acceptors (Lipinski definition) is 3. The second-order valence-corrected chi connectivity index (χ2v) is 5.22. The molecular formula is C16H31NO3. The normalized spacial score (nSPS) is 10.3. The Kier molecular flexibility index (Phi) is 13.6. The Morgan fingerprint density at radius 1 is 0.850 bits per heavy atom. The lowest BCUT2D eigenvalue weighted by Gasteiger charge is -2.03. The van der Waals surface area contributed by atoms with E-state index in [0.29, 0.717) is 13.0 Å². The minimum atomic E-state index is -0.0633. The Labute approximate surface area is 123 Å². The van der Waals surface area contributed by atoms with Gasteiger partial charge in [-0.1, -0.05) is 44.9 Å². The number of rotatable bonds is 13. The molecule has 0 atom stereocenters. The highest BCUT2D eigenvalue weighted by atomic mass is 16.5. The van der Waals surface area contributed by atoms with Gasteiger partial charge in [-0.15, -0.1) is 0 Å². The highest BCUT2D eigenvalue weighted by molar-refractivity contribution is 5.72. The summed E-state index contributed by atoms with van der Waals surface area (Å²) in [7, 11) is 0. The SMILES string of the molecule is CCOC(=O)CCCCCCCCCCCNC(C)=O. The minimum absolute atomic E-state index is 0.0628. The average Bonchev–Trinajstić information content (AvgIpc) is 2.40. The van der Waals surface area contributed by atoms with E-state index in [4.69, 9.17) is 4.74 Å². The van der Waals surface area contributed by atoms with Gasteiger partial charge in [-0.25, -0.2) is 0 Å². The summed E-state index contributed by atoms with van der Waals surface area (Å²) in [6.45, 7) is 4.69. The van der Waals surface area contributed by atoms with Crippen molar-refractivity contribution in [3.63, 3.8) is 0 Å². The number of carbonyl (C=O) groups excluding carboxylic acids is 2. The van der Waals surface area contributed by atoms with E-state index in [0.717, 1.165) is 25.8 Å². The summed E-state index contributed by atoms with van der Waals surface area (Å²) >= 11 is 0. The Morgan fingerprint density at radius 2 is 1.35 bits per heavy atom. The van der Waals surface area contributed by atoms with Gasteiger partial charge in [0.05, 0.1) is 6.61 Å². The van der Waals surface area contributed by atoms with Crippen molar-refractivity contribution in [2.45, 2.75) is 78.1 Å². The van der Waals surface area contributed by atoms with Crippen molar-refractivity contribution in [1.82, 2.24) is 5.32 Å². The van der Waals surface area contributed by atoms with Crippen LogP contribution in [-0.4, -0.2) is 25.0 Å². The quantitative estimate of drug-likeness (QED) is 0.415. The van der Waals surface area contributed by atoms with Gasteiger partial charge >= 0.3 is 5.97 Å². The van der Waals surface area contributed by atoms with Gasteiger partial charge in [0.1, 0.15) is 0 Å². The molecule has 0 bridgehead atoms. The number of amides is 1. The molecule has 0 fully saturated rings. The molecule has 0 aliphatic rings. The third kappa shape index (κ3) is 15.0. The van der Waals surface area contributed by atoms with Crippen molar-refractivity contribution < 1.29 is 14.3 Å². The first-order chi connectivity index (χ1) is 9.66. The third-order valence-corrected chi connectivity index (χ3v) is 3.24. The minimum Gasteiger partial charge on any atom is -0.466 e. The molecule has 0 aromatic carbocycles. The maximum Gasteiger partial charge on any atom is 0.305 e. The molecule has 0 heterocycles. The van der Waals surface area contributed by atoms with Crippen LogP contribution in [0.25, 0.3) is 0 Å². The number of ether oxygens (including phenoxy) is 1. The summed E-state index contributed by atoms with van der Waals surface area (Å²) in [5.74, 6) is -0.000473. The van der Waals surface area contributed by atoms with Crippen molar-refractivity contribution >= 4 is 11.9 Å². The first-order valence-electron chi connectivity index (χ1n) is 8.07. The van der Waals surface area contributed by atoms with Crippen LogP contribution in [0.15, 0.2) is 0 Å². The summed E-state index contributed by atoms with van der Waals surface area (Å²) in [4.78, 5) is 21.7. The molecule has 0 unspecified atom stereocenters. The van der Waals surface area contributed by atoms with Gasteiger partial charge in [0.15, 0.2) is 0 Å². The highest BCUT2D eigenvalue weighted by Crippen LogP contribution is 2.10. The van der Waals surface area contributed by atoms with E-state index < -0.39 is 0 Å². The smallest absolute Gasteiger partial charge is 0.305 e. The zero-order valence-electron chi connectivity index (χ0n) is 13.2. The number of nitrogens with one attached hydrogen (secondary N) is 1. The summed E-state index contributed by atoms with van der Waals surface area (Å²) in [6.07, 6.45) is 11.2. The summed E-state index contributed by atoms with van der Waals surface area (Å²) in [5, 5.41) is 2.81. The zero-order chi connectivity index (χ0) is 15.1. The molecule has 0 saturated heterocycles. The maximum atomic E-state index is 11.1. The van der Waals surface area contributed by atoms with Crippen LogP contribution >= 0.6 is 0 Å². The van der Waals surface area contributed by atoms with Crippen LogP contribution in [0, 0.1) is 0 Å². The Balaban J connectivity index is 3.06. The molecule has 0 aliphatic carbocycles. The first-order valence-corrected chi connectivity index (χ1v) is 8.07. The molecule has 0 rings (SSSR count). The molecule has 20 heavy (non-hydrogen) atoms. The topological polar surface area (TPSA) is 55.4 Å². The molecule has 0 saturated carbocycles. The Bertz CT molecular complexity index is 254. The van der Waals surface area contributed by atoms with Gasteiger partial charge in [0.2, 0.25) is 5.91 Å². The average molecular weight is 285 g/mol. The first kappa shape index (κ1) is 18.9. The Hall–Kier alpha value is -1.06. The fraction of sp³-hybridized carbons (Fsp3) is 0.875. The van der Waals surface area contributed by atoms with E-state index >= 15 is 0 Å². The van der Waals surface area contributed by atoms with Crippen LogP contribution in [0.3, 0.4) is 0 Å². The highest BCUT2D eigenvalue weighted by Gasteiger charge is 2.00. The molecule has 0 aliphatic heterocycles. The van der Waals surface area contributed by atoms with Crippen LogP contribution < -0.4 is 5.32 Å². The predicted molar refractivity (Wildman–Crippen MR) is 81.5 cm³/mol. The monoisotopic (exact) mass is 285 g/mol. The summed E-state index contributed by atoms with van der Waals surface area (Å²) < 4.78 is 4.88. The second kappa shape index (κ2) is 14.4. The standard InChI is InChI=1S/C16H31NO3/c1-3-20-16(19)13-11-9-7-5-4-6-8-10-12-14-17-15(2)18/h3-14H2,1-2H3,(H,17,18). The molecule has 0 radical (unpaired) electrons. The molecular weight excluding hydrogens is 254 g/mol. The zero-order valence-corrected chi connectivity index (χ0v) is 13.2. The van der Waals surface area contributed by atoms with Crippen LogP contribution in [0.5, 0.6) is 0 Å². The van der Waals surface area contributed by atoms with Crippen molar-refractivity contribution in [2.24, 2.45) is 0 Å². The lowest BCUT2D eigenvalue weighted by atomic mass is 10.1. The molecule has 4 heteroatoms. The number of hydrogen-bond donors (Lipinski definition) is 1. The van der Waals surface area contributed by atoms with Gasteiger partial charge in [0, 0.05) is 19.9 Å². The van der Waals surface area contributed by atoms with Crippen LogP contribution in [0.4, 0.5) is 0 Å². The number of esters is 1. The van der Waals surface area contributed by atoms with E-state index in [-0.39, 0.29) is 11.9 Å². The van der Waals surface area contributed by atoms with Crippen LogP contribution in [0.1, 0.15) is 78.1 Å². The van der Waals surface area contributed by atoms with Crippen molar-refractivity contribution in [3.8, 4) is 0 Å². The van der Waals surface area contributed by atoms with Crippen molar-refractivity contribution in [1.29, 1.82) is 0 Å². The van der Waals surface area contributed by atoms with E-state index in [1.807, 2.05) is 6.92 Å². The number of carbonyl (C=O) groups is 2. The third-order valence-electron chi connectivity index (χ3n) is 3.24. The summed E-state index contributed by atoms with van der Waals surface area (Å²) in [5.41, 5.74) is 0. The van der Waals surface area contributed by atoms with E-state index in [1.165, 1.54) is 38.5 Å². The van der Waals surface area contributed by atoms with E-state index in [2.05, 4.69) is 5.32 Å². The fourth-order valence-corrected chi connectivity index (χ4v) is 2.13. The lowest BCUT2D eigenvalue weighted by Crippen LogP contribution is -2.20. The molecule has 1 amide bonds. The van der Waals surface area contributed by atoms with Gasteiger partial charge in [0.25, 0.3) is 0 Å². The largest absolute Gasteiger partial charge is 0.466 e. The van der Waals surface area contributed by atoms with E-state index in [1.54, 1.807) is 6.92 Å². The fourth-order valence-electron chi connectivity index (χ4n) is 2.13. The van der Waals surface area contributed by atoms with Gasteiger partial charge in [-0.3, -0.25) is 9.59 Å². The van der Waals surface area contributed by atoms with Crippen molar-refractivity contribution in [3.05, 3.63) is 0 Å². The Morgan fingerprint density at radius 3 is 1.85 bits per heavy atom. The van der Waals surface area contributed by atoms with Crippen molar-refractivity contribution in [2.75, 3.05) is 13.2 Å². The maximum absolute atomic E-state index is 11.1. The molecule has 0 aromatic rings. The van der Waals surface area contributed by atoms with Crippen LogP contribution in [0.2, 0.25) is 0 Å². The van der Waals surface area contributed by atoms with Crippen LogP contribution in [-0.2, 0) is 14.3 Å². The molecule has 4 nitrogen and oxygen atoms in total. The predicted octanol–water partition coefficient (Wildman–Crippen LogP) is 3.59. The van der Waals surface area contributed by atoms with Gasteiger partial charge < -0.3 is 10.1 Å².